The quantitative estimate of drug-likeness (QED) is 0.882. The van der Waals surface area contributed by atoms with Crippen LogP contribution in [0, 0.1) is 5.92 Å². The maximum atomic E-state index is 12.0. The highest BCUT2D eigenvalue weighted by atomic mass is 32.2. The zero-order chi connectivity index (χ0) is 15.5. The number of rotatable bonds is 6. The Balaban J connectivity index is 2.09. The average Bonchev–Trinajstić information content (AvgIpc) is 2.84. The Kier molecular flexibility index (Phi) is 4.62. The molecule has 6 nitrogen and oxygen atoms in total. The van der Waals surface area contributed by atoms with Gasteiger partial charge in [0, 0.05) is 11.8 Å². The Morgan fingerprint density at radius 2 is 2.24 bits per heavy atom. The minimum absolute atomic E-state index is 0.0256. The summed E-state index contributed by atoms with van der Waals surface area (Å²) in [4.78, 5) is 16.0. The highest BCUT2D eigenvalue weighted by molar-refractivity contribution is 7.90. The molecule has 1 amide bonds. The van der Waals surface area contributed by atoms with Crippen molar-refractivity contribution in [2.24, 2.45) is 5.92 Å². The van der Waals surface area contributed by atoms with E-state index in [4.69, 9.17) is 0 Å². The van der Waals surface area contributed by atoms with Crippen LogP contribution in [0.25, 0.3) is 5.52 Å². The number of pyridine rings is 1. The van der Waals surface area contributed by atoms with E-state index in [9.17, 15) is 13.2 Å². The van der Waals surface area contributed by atoms with E-state index in [1.807, 2.05) is 13.8 Å². The molecule has 0 radical (unpaired) electrons. The lowest BCUT2D eigenvalue weighted by Gasteiger charge is -2.11. The second-order valence-corrected chi connectivity index (χ2v) is 7.01. The number of amides is 1. The van der Waals surface area contributed by atoms with Crippen LogP contribution in [0.5, 0.6) is 0 Å². The van der Waals surface area contributed by atoms with Crippen molar-refractivity contribution in [3.63, 3.8) is 0 Å². The molecule has 2 heterocycles. The molecule has 0 unspecified atom stereocenters. The molecule has 2 rings (SSSR count). The topological polar surface area (TPSA) is 80.5 Å². The number of hydrogen-bond acceptors (Lipinski definition) is 4. The first kappa shape index (κ1) is 15.5. The summed E-state index contributed by atoms with van der Waals surface area (Å²) >= 11 is 0. The number of hydrogen-bond donors (Lipinski definition) is 1. The lowest BCUT2D eigenvalue weighted by Crippen LogP contribution is -2.34. The number of aromatic nitrogens is 2. The smallest absolute Gasteiger partial charge is 0.264 e. The Labute approximate surface area is 124 Å². The summed E-state index contributed by atoms with van der Waals surface area (Å²) < 4.78 is 27.8. The van der Waals surface area contributed by atoms with Gasteiger partial charge in [0.05, 0.1) is 23.8 Å². The number of carbonyl (C=O) groups excluding carboxylic acids is 1. The molecule has 0 bridgehead atoms. The van der Waals surface area contributed by atoms with Crippen LogP contribution in [0.15, 0.2) is 30.9 Å². The Hall–Kier alpha value is -1.89. The number of sulfonamides is 1. The van der Waals surface area contributed by atoms with Gasteiger partial charge in [-0.25, -0.2) is 18.1 Å². The minimum Gasteiger partial charge on any atom is -0.306 e. The standard InChI is InChI=1S/C14H19N3O3S/c1-3-4-11(2)9-21(19,20)16-14(18)12-5-6-17-10-15-8-13(17)7-12/h5-8,10-11H,3-4,9H2,1-2H3,(H,16,18)/t11-/m1/s1. The third-order valence-corrected chi connectivity index (χ3v) is 4.71. The van der Waals surface area contributed by atoms with E-state index in [1.54, 1.807) is 35.3 Å². The molecule has 0 spiro atoms. The van der Waals surface area contributed by atoms with Crippen LogP contribution in [-0.2, 0) is 10.0 Å². The third-order valence-electron chi connectivity index (χ3n) is 3.21. The van der Waals surface area contributed by atoms with Gasteiger partial charge < -0.3 is 4.40 Å². The highest BCUT2D eigenvalue weighted by Gasteiger charge is 2.19. The normalized spacial score (nSPS) is 13.2. The van der Waals surface area contributed by atoms with E-state index in [0.717, 1.165) is 18.4 Å². The Morgan fingerprint density at radius 1 is 1.48 bits per heavy atom. The van der Waals surface area contributed by atoms with Crippen molar-refractivity contribution in [3.05, 3.63) is 36.4 Å². The fraction of sp³-hybridized carbons (Fsp3) is 0.429. The first-order chi connectivity index (χ1) is 9.91. The fourth-order valence-corrected chi connectivity index (χ4v) is 3.65. The van der Waals surface area contributed by atoms with E-state index in [2.05, 4.69) is 9.71 Å². The van der Waals surface area contributed by atoms with Gasteiger partial charge in [0.25, 0.3) is 5.91 Å². The van der Waals surface area contributed by atoms with Crippen molar-refractivity contribution in [1.29, 1.82) is 0 Å². The summed E-state index contributed by atoms with van der Waals surface area (Å²) in [6.45, 7) is 3.87. The number of nitrogens with zero attached hydrogens (tertiary/aromatic N) is 2. The first-order valence-corrected chi connectivity index (χ1v) is 8.53. The van der Waals surface area contributed by atoms with Crippen LogP contribution in [0.2, 0.25) is 0 Å². The largest absolute Gasteiger partial charge is 0.306 e. The lowest BCUT2D eigenvalue weighted by atomic mass is 10.1. The van der Waals surface area contributed by atoms with E-state index in [-0.39, 0.29) is 11.7 Å². The van der Waals surface area contributed by atoms with Gasteiger partial charge in [0.2, 0.25) is 10.0 Å². The summed E-state index contributed by atoms with van der Waals surface area (Å²) in [7, 11) is -3.61. The monoisotopic (exact) mass is 309 g/mol. The van der Waals surface area contributed by atoms with Crippen molar-refractivity contribution < 1.29 is 13.2 Å². The molecule has 0 aromatic carbocycles. The highest BCUT2D eigenvalue weighted by Crippen LogP contribution is 2.10. The lowest BCUT2D eigenvalue weighted by molar-refractivity contribution is 0.0981. The van der Waals surface area contributed by atoms with Crippen LogP contribution < -0.4 is 4.72 Å². The molecule has 0 fully saturated rings. The summed E-state index contributed by atoms with van der Waals surface area (Å²) in [5.74, 6) is -0.623. The summed E-state index contributed by atoms with van der Waals surface area (Å²) in [6.07, 6.45) is 6.62. The van der Waals surface area contributed by atoms with Crippen LogP contribution in [0.4, 0.5) is 0 Å². The van der Waals surface area contributed by atoms with Crippen LogP contribution in [0.1, 0.15) is 37.0 Å². The number of nitrogens with one attached hydrogen (secondary N) is 1. The van der Waals surface area contributed by atoms with Crippen molar-refractivity contribution >= 4 is 21.4 Å². The predicted octanol–water partition coefficient (Wildman–Crippen LogP) is 1.83. The third kappa shape index (κ3) is 4.04. The van der Waals surface area contributed by atoms with Gasteiger partial charge in [0.15, 0.2) is 0 Å². The molecule has 0 saturated heterocycles. The van der Waals surface area contributed by atoms with E-state index < -0.39 is 15.9 Å². The molecule has 0 aliphatic carbocycles. The Morgan fingerprint density at radius 3 is 2.95 bits per heavy atom. The molecule has 1 atom stereocenters. The van der Waals surface area contributed by atoms with Gasteiger partial charge in [-0.15, -0.1) is 0 Å². The molecule has 7 heteroatoms. The molecular formula is C14H19N3O3S. The minimum atomic E-state index is -3.61. The van der Waals surface area contributed by atoms with Gasteiger partial charge in [-0.05, 0) is 24.5 Å². The maximum Gasteiger partial charge on any atom is 0.264 e. The fourth-order valence-electron chi connectivity index (χ4n) is 2.25. The molecule has 1 N–H and O–H groups in total. The maximum absolute atomic E-state index is 12.0. The molecule has 21 heavy (non-hydrogen) atoms. The van der Waals surface area contributed by atoms with Gasteiger partial charge >= 0.3 is 0 Å². The molecule has 0 aliphatic rings. The number of imidazole rings is 1. The first-order valence-electron chi connectivity index (χ1n) is 6.88. The van der Waals surface area contributed by atoms with Crippen molar-refractivity contribution in [1.82, 2.24) is 14.1 Å². The molecular weight excluding hydrogens is 290 g/mol. The molecule has 0 aliphatic heterocycles. The van der Waals surface area contributed by atoms with Gasteiger partial charge in [0.1, 0.15) is 0 Å². The van der Waals surface area contributed by atoms with Crippen LogP contribution >= 0.6 is 0 Å². The van der Waals surface area contributed by atoms with E-state index >= 15 is 0 Å². The zero-order valence-electron chi connectivity index (χ0n) is 12.1. The van der Waals surface area contributed by atoms with Gasteiger partial charge in [-0.1, -0.05) is 20.3 Å². The van der Waals surface area contributed by atoms with Crippen molar-refractivity contribution in [2.45, 2.75) is 26.7 Å². The number of carbonyl (C=O) groups is 1. The molecule has 114 valence electrons. The second-order valence-electron chi connectivity index (χ2n) is 5.25. The van der Waals surface area contributed by atoms with Crippen LogP contribution in [-0.4, -0.2) is 29.5 Å². The van der Waals surface area contributed by atoms with Gasteiger partial charge in [-0.2, -0.15) is 0 Å². The SMILES string of the molecule is CCC[C@@H](C)CS(=O)(=O)NC(=O)c1ccn2cncc2c1. The van der Waals surface area contributed by atoms with Crippen molar-refractivity contribution in [3.8, 4) is 0 Å². The van der Waals surface area contributed by atoms with E-state index in [1.165, 1.54) is 0 Å². The molecule has 0 saturated carbocycles. The van der Waals surface area contributed by atoms with Gasteiger partial charge in [-0.3, -0.25) is 4.79 Å². The average molecular weight is 309 g/mol. The zero-order valence-corrected chi connectivity index (χ0v) is 12.9. The molecule has 2 aromatic rings. The van der Waals surface area contributed by atoms with E-state index in [0.29, 0.717) is 5.56 Å². The number of fused-ring (bicyclic) bond motifs is 1. The predicted molar refractivity (Wildman–Crippen MR) is 80.5 cm³/mol. The second kappa shape index (κ2) is 6.26. The summed E-state index contributed by atoms with van der Waals surface area (Å²) in [5, 5.41) is 0. The van der Waals surface area contributed by atoms with Crippen molar-refractivity contribution in [2.75, 3.05) is 5.75 Å². The Bertz CT molecular complexity index is 737. The summed E-state index contributed by atoms with van der Waals surface area (Å²) in [6, 6.07) is 3.17. The van der Waals surface area contributed by atoms with Crippen LogP contribution in [0.3, 0.4) is 0 Å². The molecule has 2 aromatic heterocycles. The summed E-state index contributed by atoms with van der Waals surface area (Å²) in [5.41, 5.74) is 1.04.